The van der Waals surface area contributed by atoms with Gasteiger partial charge in [-0.25, -0.2) is 0 Å². The first-order valence-electron chi connectivity index (χ1n) is 12.4. The summed E-state index contributed by atoms with van der Waals surface area (Å²) in [4.78, 5) is 2.30. The van der Waals surface area contributed by atoms with Gasteiger partial charge in [-0.05, 0) is 56.7 Å². The molecule has 0 aliphatic carbocycles. The summed E-state index contributed by atoms with van der Waals surface area (Å²) >= 11 is 0. The summed E-state index contributed by atoms with van der Waals surface area (Å²) in [5.41, 5.74) is 5.56. The van der Waals surface area contributed by atoms with Crippen LogP contribution in [0.5, 0.6) is 5.75 Å². The number of aryl methyl sites for hydroxylation is 1. The number of para-hydroxylation sites is 1. The van der Waals surface area contributed by atoms with Crippen molar-refractivity contribution >= 4 is 39.9 Å². The maximum absolute atomic E-state index is 6.06. The van der Waals surface area contributed by atoms with Gasteiger partial charge >= 0.3 is 0 Å². The lowest BCUT2D eigenvalue weighted by molar-refractivity contribution is 0.263. The summed E-state index contributed by atoms with van der Waals surface area (Å²) < 4.78 is 13.7. The first kappa shape index (κ1) is 23.1. The molecule has 2 heterocycles. The van der Waals surface area contributed by atoms with Gasteiger partial charge in [-0.15, -0.1) is 0 Å². The molecular formula is C29H32N4O2. The number of anilines is 1. The molecule has 1 aromatic heterocycles. The third-order valence-electron chi connectivity index (χ3n) is 6.54. The maximum atomic E-state index is 6.06. The molecule has 35 heavy (non-hydrogen) atoms. The van der Waals surface area contributed by atoms with E-state index in [9.17, 15) is 0 Å². The van der Waals surface area contributed by atoms with Crippen LogP contribution in [0, 0.1) is 0 Å². The van der Waals surface area contributed by atoms with E-state index in [1.807, 2.05) is 6.07 Å². The molecule has 0 bridgehead atoms. The lowest BCUT2D eigenvalue weighted by Crippen LogP contribution is -2.21. The maximum Gasteiger partial charge on any atom is 0.130 e. The zero-order valence-corrected chi connectivity index (χ0v) is 20.6. The van der Waals surface area contributed by atoms with Gasteiger partial charge in [0.1, 0.15) is 18.5 Å². The monoisotopic (exact) mass is 468 g/mol. The number of hydrogen-bond donors (Lipinski definition) is 0. The Morgan fingerprint density at radius 3 is 2.49 bits per heavy atom. The van der Waals surface area contributed by atoms with Gasteiger partial charge in [0.2, 0.25) is 0 Å². The van der Waals surface area contributed by atoms with Crippen LogP contribution in [0.25, 0.3) is 21.8 Å². The molecule has 1 aliphatic rings. The third-order valence-corrected chi connectivity index (χ3v) is 6.54. The Balaban J connectivity index is 1.38. The molecule has 1 saturated heterocycles. The lowest BCUT2D eigenvalue weighted by atomic mass is 10.1. The van der Waals surface area contributed by atoms with E-state index >= 15 is 0 Å². The van der Waals surface area contributed by atoms with Gasteiger partial charge in [-0.3, -0.25) is 0 Å². The minimum atomic E-state index is 0.198. The predicted molar refractivity (Wildman–Crippen MR) is 146 cm³/mol. The topological polar surface area (TPSA) is 54.7 Å². The molecule has 0 amide bonds. The van der Waals surface area contributed by atoms with Crippen molar-refractivity contribution in [3.8, 4) is 5.75 Å². The van der Waals surface area contributed by atoms with Crippen molar-refractivity contribution in [2.24, 2.45) is 10.2 Å². The third kappa shape index (κ3) is 4.93. The van der Waals surface area contributed by atoms with Crippen LogP contribution in [0.2, 0.25) is 0 Å². The van der Waals surface area contributed by atoms with Gasteiger partial charge in [-0.1, -0.05) is 24.3 Å². The summed E-state index contributed by atoms with van der Waals surface area (Å²) in [5, 5.41) is 11.2. The molecule has 5 rings (SSSR count). The smallest absolute Gasteiger partial charge is 0.130 e. The van der Waals surface area contributed by atoms with E-state index in [-0.39, 0.29) is 6.10 Å². The zero-order valence-electron chi connectivity index (χ0n) is 20.6. The largest absolute Gasteiger partial charge is 0.490 e. The first-order chi connectivity index (χ1) is 17.2. The van der Waals surface area contributed by atoms with Crippen LogP contribution >= 0.6 is 0 Å². The number of rotatable bonds is 10. The molecule has 1 unspecified atom stereocenters. The van der Waals surface area contributed by atoms with E-state index in [0.29, 0.717) is 6.61 Å². The number of hydrogen-bond acceptors (Lipinski definition) is 5. The van der Waals surface area contributed by atoms with Crippen LogP contribution < -0.4 is 9.64 Å². The highest BCUT2D eigenvalue weighted by molar-refractivity contribution is 6.09. The average molecular weight is 469 g/mol. The van der Waals surface area contributed by atoms with Crippen LogP contribution in [-0.4, -0.2) is 49.4 Å². The molecule has 6 nitrogen and oxygen atoms in total. The van der Waals surface area contributed by atoms with Gasteiger partial charge in [0.25, 0.3) is 0 Å². The Kier molecular flexibility index (Phi) is 6.82. The molecule has 1 fully saturated rings. The summed E-state index contributed by atoms with van der Waals surface area (Å²) in [5.74, 6) is 0.803. The van der Waals surface area contributed by atoms with Gasteiger partial charge in [0.15, 0.2) is 0 Å². The van der Waals surface area contributed by atoms with E-state index in [0.717, 1.165) is 48.8 Å². The highest BCUT2D eigenvalue weighted by Gasteiger charge is 2.23. The molecule has 0 N–H and O–H groups in total. The van der Waals surface area contributed by atoms with Crippen LogP contribution in [0.1, 0.15) is 31.9 Å². The summed E-state index contributed by atoms with van der Waals surface area (Å²) in [6.07, 6.45) is 3.76. The van der Waals surface area contributed by atoms with Gasteiger partial charge in [0, 0.05) is 58.8 Å². The molecule has 0 saturated carbocycles. The fourth-order valence-electron chi connectivity index (χ4n) is 4.57. The van der Waals surface area contributed by atoms with E-state index in [1.165, 1.54) is 21.8 Å². The second-order valence-electron chi connectivity index (χ2n) is 8.69. The van der Waals surface area contributed by atoms with Crippen molar-refractivity contribution in [1.82, 2.24) is 4.57 Å². The Morgan fingerprint density at radius 2 is 1.71 bits per heavy atom. The SMILES string of the molecule is CCN(CC)c1ccc(/C=N/N=C/c2ccc3c(c2)c2ccccc2n3CC)c(OCC2CO2)c1. The van der Waals surface area contributed by atoms with E-state index < -0.39 is 0 Å². The van der Waals surface area contributed by atoms with E-state index in [1.54, 1.807) is 12.4 Å². The summed E-state index contributed by atoms with van der Waals surface area (Å²) in [6, 6.07) is 21.2. The van der Waals surface area contributed by atoms with E-state index in [4.69, 9.17) is 9.47 Å². The highest BCUT2D eigenvalue weighted by Crippen LogP contribution is 2.29. The molecule has 180 valence electrons. The summed E-state index contributed by atoms with van der Waals surface area (Å²) in [6.45, 7) is 10.6. The van der Waals surface area contributed by atoms with Crippen LogP contribution in [-0.2, 0) is 11.3 Å². The van der Waals surface area contributed by atoms with Crippen molar-refractivity contribution in [2.45, 2.75) is 33.4 Å². The zero-order chi connectivity index (χ0) is 24.2. The standard InChI is InChI=1S/C29H32N4O2/c1-4-32(5-2)23-13-12-22(29(16-23)35-20-24-19-34-24)18-31-30-17-21-11-14-28-26(15-21)25-9-7-8-10-27(25)33(28)6-3/h7-18,24H,4-6,19-20H2,1-3H3/b30-17+,31-18+. The van der Waals surface area contributed by atoms with Crippen molar-refractivity contribution < 1.29 is 9.47 Å². The predicted octanol–water partition coefficient (Wildman–Crippen LogP) is 5.89. The number of nitrogens with zero attached hydrogens (tertiary/aromatic N) is 4. The van der Waals surface area contributed by atoms with Crippen molar-refractivity contribution in [3.05, 3.63) is 71.8 Å². The molecular weight excluding hydrogens is 436 g/mol. The van der Waals surface area contributed by atoms with Crippen LogP contribution in [0.3, 0.4) is 0 Å². The minimum absolute atomic E-state index is 0.198. The van der Waals surface area contributed by atoms with Crippen molar-refractivity contribution in [1.29, 1.82) is 0 Å². The quantitative estimate of drug-likeness (QED) is 0.166. The molecule has 1 atom stereocenters. The second-order valence-corrected chi connectivity index (χ2v) is 8.69. The second kappa shape index (κ2) is 10.3. The Bertz CT molecular complexity index is 1380. The number of epoxide rings is 1. The number of fused-ring (bicyclic) bond motifs is 3. The number of aromatic nitrogens is 1. The Labute approximate surface area is 206 Å². The van der Waals surface area contributed by atoms with Gasteiger partial charge in [0.05, 0.1) is 19.0 Å². The fourth-order valence-corrected chi connectivity index (χ4v) is 4.57. The van der Waals surface area contributed by atoms with Crippen molar-refractivity contribution in [3.63, 3.8) is 0 Å². The molecule has 0 spiro atoms. The summed E-state index contributed by atoms with van der Waals surface area (Å²) in [7, 11) is 0. The van der Waals surface area contributed by atoms with Crippen LogP contribution in [0.15, 0.2) is 70.9 Å². The fraction of sp³-hybridized carbons (Fsp3) is 0.310. The van der Waals surface area contributed by atoms with Crippen molar-refractivity contribution in [2.75, 3.05) is 31.2 Å². The molecule has 4 aromatic rings. The lowest BCUT2D eigenvalue weighted by Gasteiger charge is -2.22. The number of ether oxygens (including phenoxy) is 2. The molecule has 1 aliphatic heterocycles. The highest BCUT2D eigenvalue weighted by atomic mass is 16.6. The Hall–Kier alpha value is -3.64. The normalized spacial score (nSPS) is 15.6. The van der Waals surface area contributed by atoms with E-state index in [2.05, 4.69) is 95.0 Å². The Morgan fingerprint density at radius 1 is 0.943 bits per heavy atom. The van der Waals surface area contributed by atoms with Gasteiger partial charge in [-0.2, -0.15) is 10.2 Å². The molecule has 0 radical (unpaired) electrons. The molecule has 6 heteroatoms. The van der Waals surface area contributed by atoms with Gasteiger partial charge < -0.3 is 18.9 Å². The first-order valence-corrected chi connectivity index (χ1v) is 12.4. The number of benzene rings is 3. The van der Waals surface area contributed by atoms with Crippen LogP contribution in [0.4, 0.5) is 5.69 Å². The average Bonchev–Trinajstić information content (AvgIpc) is 3.67. The molecule has 3 aromatic carbocycles. The minimum Gasteiger partial charge on any atom is -0.490 e.